The number of halogens is 1. The van der Waals surface area contributed by atoms with Gasteiger partial charge in [-0.05, 0) is 41.1 Å². The molecule has 0 amide bonds. The van der Waals surface area contributed by atoms with E-state index >= 15 is 0 Å². The van der Waals surface area contributed by atoms with Gasteiger partial charge in [-0.15, -0.1) is 22.7 Å². The van der Waals surface area contributed by atoms with Gasteiger partial charge in [0.05, 0.1) is 11.3 Å². The van der Waals surface area contributed by atoms with Gasteiger partial charge in [-0.2, -0.15) is 5.26 Å². The van der Waals surface area contributed by atoms with Crippen LogP contribution in [0.25, 0.3) is 10.4 Å². The van der Waals surface area contributed by atoms with Crippen LogP contribution in [0.15, 0.2) is 47.2 Å². The zero-order chi connectivity index (χ0) is 14.7. The maximum absolute atomic E-state index is 13.1. The third-order valence-corrected chi connectivity index (χ3v) is 4.87. The fraction of sp³-hybridized carbons (Fsp3) is 0.0625. The molecule has 0 aliphatic carbocycles. The Morgan fingerprint density at radius 2 is 2.10 bits per heavy atom. The van der Waals surface area contributed by atoms with Crippen LogP contribution in [0, 0.1) is 17.1 Å². The van der Waals surface area contributed by atoms with Crippen LogP contribution >= 0.6 is 22.7 Å². The number of hydrogen-bond acceptors (Lipinski definition) is 4. The average molecular weight is 314 g/mol. The number of rotatable bonds is 4. The van der Waals surface area contributed by atoms with Crippen molar-refractivity contribution in [3.8, 4) is 16.5 Å². The molecule has 0 saturated heterocycles. The van der Waals surface area contributed by atoms with Crippen LogP contribution in [-0.4, -0.2) is 0 Å². The van der Waals surface area contributed by atoms with Crippen LogP contribution in [0.5, 0.6) is 0 Å². The van der Waals surface area contributed by atoms with Crippen LogP contribution in [0.2, 0.25) is 0 Å². The summed E-state index contributed by atoms with van der Waals surface area (Å²) in [5, 5.41) is 16.4. The minimum Gasteiger partial charge on any atom is -0.379 e. The highest BCUT2D eigenvalue weighted by Crippen LogP contribution is 2.29. The number of hydrogen-bond donors (Lipinski definition) is 1. The minimum atomic E-state index is -0.395. The van der Waals surface area contributed by atoms with Crippen molar-refractivity contribution in [3.05, 3.63) is 63.4 Å². The van der Waals surface area contributed by atoms with Gasteiger partial charge < -0.3 is 5.32 Å². The zero-order valence-electron chi connectivity index (χ0n) is 11.0. The number of anilines is 1. The summed E-state index contributed by atoms with van der Waals surface area (Å²) < 4.78 is 13.1. The van der Waals surface area contributed by atoms with Gasteiger partial charge in [0.15, 0.2) is 0 Å². The Morgan fingerprint density at radius 1 is 1.19 bits per heavy atom. The third kappa shape index (κ3) is 3.13. The van der Waals surface area contributed by atoms with Gasteiger partial charge in [-0.1, -0.05) is 6.07 Å². The van der Waals surface area contributed by atoms with Gasteiger partial charge in [-0.25, -0.2) is 4.39 Å². The Balaban J connectivity index is 1.73. The molecule has 5 heteroatoms. The molecular weight excluding hydrogens is 303 g/mol. The lowest BCUT2D eigenvalue weighted by Gasteiger charge is -2.06. The van der Waals surface area contributed by atoms with Crippen molar-refractivity contribution in [2.75, 3.05) is 5.32 Å². The first kappa shape index (κ1) is 13.8. The summed E-state index contributed by atoms with van der Waals surface area (Å²) in [4.78, 5) is 2.42. The number of nitriles is 1. The van der Waals surface area contributed by atoms with Gasteiger partial charge in [0.25, 0.3) is 0 Å². The van der Waals surface area contributed by atoms with Crippen LogP contribution in [0.3, 0.4) is 0 Å². The van der Waals surface area contributed by atoms with Crippen LogP contribution in [-0.2, 0) is 6.54 Å². The SMILES string of the molecule is N#Cc1cc(F)ccc1NCc1cc(-c2cccs2)cs1. The number of nitrogens with one attached hydrogen (secondary N) is 1. The van der Waals surface area contributed by atoms with Crippen LogP contribution in [0.4, 0.5) is 10.1 Å². The third-order valence-electron chi connectivity index (χ3n) is 3.01. The highest BCUT2D eigenvalue weighted by atomic mass is 32.1. The summed E-state index contributed by atoms with van der Waals surface area (Å²) in [6, 6.07) is 12.5. The molecular formula is C16H11FN2S2. The summed E-state index contributed by atoms with van der Waals surface area (Å²) in [7, 11) is 0. The summed E-state index contributed by atoms with van der Waals surface area (Å²) in [6.07, 6.45) is 0. The Labute approximate surface area is 130 Å². The molecule has 1 N–H and O–H groups in total. The molecule has 0 aliphatic rings. The molecule has 3 aromatic rings. The van der Waals surface area contributed by atoms with Gasteiger partial charge >= 0.3 is 0 Å². The maximum atomic E-state index is 13.1. The van der Waals surface area contributed by atoms with E-state index < -0.39 is 5.82 Å². The van der Waals surface area contributed by atoms with Gasteiger partial charge in [0.1, 0.15) is 11.9 Å². The van der Waals surface area contributed by atoms with Crippen molar-refractivity contribution in [1.29, 1.82) is 5.26 Å². The van der Waals surface area contributed by atoms with Crippen LogP contribution in [0.1, 0.15) is 10.4 Å². The molecule has 0 spiro atoms. The smallest absolute Gasteiger partial charge is 0.124 e. The fourth-order valence-electron chi connectivity index (χ4n) is 1.99. The van der Waals surface area contributed by atoms with Crippen molar-refractivity contribution in [2.24, 2.45) is 0 Å². The zero-order valence-corrected chi connectivity index (χ0v) is 12.6. The molecule has 0 atom stereocenters. The Bertz CT molecular complexity index is 785. The summed E-state index contributed by atoms with van der Waals surface area (Å²) in [5.74, 6) is -0.395. The van der Waals surface area contributed by atoms with Crippen molar-refractivity contribution >= 4 is 28.4 Å². The molecule has 0 aliphatic heterocycles. The molecule has 0 saturated carbocycles. The molecule has 2 aromatic heterocycles. The molecule has 2 heterocycles. The van der Waals surface area contributed by atoms with Crippen molar-refractivity contribution < 1.29 is 4.39 Å². The second kappa shape index (κ2) is 6.08. The average Bonchev–Trinajstić information content (AvgIpc) is 3.16. The van der Waals surface area contributed by atoms with E-state index in [2.05, 4.69) is 28.2 Å². The molecule has 21 heavy (non-hydrogen) atoms. The first-order valence-electron chi connectivity index (χ1n) is 6.31. The molecule has 1 aromatic carbocycles. The van der Waals surface area contributed by atoms with Gasteiger partial charge in [0, 0.05) is 21.9 Å². The van der Waals surface area contributed by atoms with E-state index in [1.807, 2.05) is 12.1 Å². The normalized spacial score (nSPS) is 10.3. The number of nitrogens with zero attached hydrogens (tertiary/aromatic N) is 1. The largest absolute Gasteiger partial charge is 0.379 e. The van der Waals surface area contributed by atoms with Crippen molar-refractivity contribution in [2.45, 2.75) is 6.54 Å². The van der Waals surface area contributed by atoms with E-state index in [4.69, 9.17) is 5.26 Å². The summed E-state index contributed by atoms with van der Waals surface area (Å²) >= 11 is 3.38. The maximum Gasteiger partial charge on any atom is 0.124 e. The predicted octanol–water partition coefficient (Wildman–Crippen LogP) is 5.10. The Morgan fingerprint density at radius 3 is 2.86 bits per heavy atom. The predicted molar refractivity (Wildman–Crippen MR) is 86.1 cm³/mol. The van der Waals surface area contributed by atoms with Crippen molar-refractivity contribution in [1.82, 2.24) is 0 Å². The lowest BCUT2D eigenvalue weighted by Crippen LogP contribution is -2.00. The number of benzene rings is 1. The molecule has 0 unspecified atom stereocenters. The first-order chi connectivity index (χ1) is 10.3. The minimum absolute atomic E-state index is 0.324. The fourth-order valence-corrected chi connectivity index (χ4v) is 3.60. The molecule has 2 nitrogen and oxygen atoms in total. The van der Waals surface area contributed by atoms with E-state index in [1.54, 1.807) is 28.7 Å². The lowest BCUT2D eigenvalue weighted by molar-refractivity contribution is 0.627. The van der Waals surface area contributed by atoms with E-state index in [0.29, 0.717) is 17.8 Å². The molecule has 0 fully saturated rings. The Hall–Kier alpha value is -2.16. The summed E-state index contributed by atoms with van der Waals surface area (Å²) in [6.45, 7) is 0.621. The first-order valence-corrected chi connectivity index (χ1v) is 8.07. The summed E-state index contributed by atoms with van der Waals surface area (Å²) in [5.41, 5.74) is 2.20. The van der Waals surface area contributed by atoms with Gasteiger partial charge in [-0.3, -0.25) is 0 Å². The van der Waals surface area contributed by atoms with Gasteiger partial charge in [0.2, 0.25) is 0 Å². The standard InChI is InChI=1S/C16H11FN2S2/c17-13-3-4-15(11(6-13)8-18)19-9-14-7-12(10-21-14)16-2-1-5-20-16/h1-7,10,19H,9H2. The highest BCUT2D eigenvalue weighted by Gasteiger charge is 2.06. The van der Waals surface area contributed by atoms with E-state index in [1.165, 1.54) is 27.5 Å². The van der Waals surface area contributed by atoms with Crippen molar-refractivity contribution in [3.63, 3.8) is 0 Å². The molecule has 0 bridgehead atoms. The molecule has 0 radical (unpaired) electrons. The Kier molecular flexibility index (Phi) is 4.00. The molecule has 104 valence electrons. The lowest BCUT2D eigenvalue weighted by atomic mass is 10.2. The molecule has 3 rings (SSSR count). The quantitative estimate of drug-likeness (QED) is 0.727. The monoisotopic (exact) mass is 314 g/mol. The van der Waals surface area contributed by atoms with E-state index in [0.717, 1.165) is 0 Å². The number of thiophene rings is 2. The second-order valence-electron chi connectivity index (χ2n) is 4.43. The van der Waals surface area contributed by atoms with E-state index in [-0.39, 0.29) is 0 Å². The van der Waals surface area contributed by atoms with E-state index in [9.17, 15) is 4.39 Å². The highest BCUT2D eigenvalue weighted by molar-refractivity contribution is 7.14. The van der Waals surface area contributed by atoms with Crippen LogP contribution < -0.4 is 5.32 Å². The second-order valence-corrected chi connectivity index (χ2v) is 6.38. The topological polar surface area (TPSA) is 35.8 Å².